The van der Waals surface area contributed by atoms with E-state index in [1.54, 1.807) is 0 Å². The molecule has 2 aliphatic carbocycles. The first-order valence-electron chi connectivity index (χ1n) is 11.2. The van der Waals surface area contributed by atoms with Crippen molar-refractivity contribution in [1.82, 2.24) is 0 Å². The molecule has 32 heavy (non-hydrogen) atoms. The Bertz CT molecular complexity index is 1170. The van der Waals surface area contributed by atoms with Gasteiger partial charge in [0.2, 0.25) is 0 Å². The molecular formula is C30H30BN. The molecule has 2 aliphatic rings. The van der Waals surface area contributed by atoms with Gasteiger partial charge in [-0.05, 0) is 77.8 Å². The van der Waals surface area contributed by atoms with E-state index >= 15 is 0 Å². The summed E-state index contributed by atoms with van der Waals surface area (Å²) in [6.07, 6.45) is 16.2. The van der Waals surface area contributed by atoms with E-state index in [2.05, 4.69) is 105 Å². The molecule has 2 aromatic carbocycles. The van der Waals surface area contributed by atoms with E-state index in [1.807, 2.05) is 18.2 Å². The molecule has 0 aliphatic heterocycles. The van der Waals surface area contributed by atoms with Crippen LogP contribution in [0, 0.1) is 5.41 Å². The Hall–Kier alpha value is -3.26. The highest BCUT2D eigenvalue weighted by molar-refractivity contribution is 6.22. The Kier molecular flexibility index (Phi) is 6.23. The molecule has 4 rings (SSSR count). The minimum absolute atomic E-state index is 0.0528. The van der Waals surface area contributed by atoms with Gasteiger partial charge >= 0.3 is 0 Å². The number of fused-ring (bicyclic) bond motifs is 1. The number of allylic oxidation sites excluding steroid dienone is 10. The zero-order valence-corrected chi connectivity index (χ0v) is 19.3. The number of benzene rings is 2. The monoisotopic (exact) mass is 415 g/mol. The Balaban J connectivity index is 1.86. The van der Waals surface area contributed by atoms with Gasteiger partial charge in [-0.25, -0.2) is 0 Å². The highest BCUT2D eigenvalue weighted by Crippen LogP contribution is 2.45. The third kappa shape index (κ3) is 4.23. The normalized spacial score (nSPS) is 17.5. The first kappa shape index (κ1) is 22.0. The predicted molar refractivity (Wildman–Crippen MR) is 140 cm³/mol. The maximum atomic E-state index is 6.53. The van der Waals surface area contributed by atoms with Crippen molar-refractivity contribution in [3.05, 3.63) is 126 Å². The molecular weight excluding hydrogens is 385 g/mol. The molecule has 0 aromatic heterocycles. The molecule has 2 heteroatoms. The van der Waals surface area contributed by atoms with Gasteiger partial charge in [-0.2, -0.15) is 0 Å². The highest BCUT2D eigenvalue weighted by atomic mass is 15.1. The lowest BCUT2D eigenvalue weighted by Gasteiger charge is -2.36. The van der Waals surface area contributed by atoms with Crippen molar-refractivity contribution in [3.63, 3.8) is 0 Å². The fraction of sp³-hybridized carbons (Fsp3) is 0.200. The van der Waals surface area contributed by atoms with Crippen molar-refractivity contribution in [1.29, 1.82) is 0 Å². The summed E-state index contributed by atoms with van der Waals surface area (Å²) < 4.78 is 0. The van der Waals surface area contributed by atoms with Crippen LogP contribution >= 0.6 is 0 Å². The zero-order chi connectivity index (χ0) is 22.7. The van der Waals surface area contributed by atoms with Crippen LogP contribution < -0.4 is 4.90 Å². The molecule has 0 amide bonds. The van der Waals surface area contributed by atoms with E-state index in [1.165, 1.54) is 22.3 Å². The molecule has 0 saturated carbocycles. The van der Waals surface area contributed by atoms with Crippen molar-refractivity contribution in [2.75, 3.05) is 4.90 Å². The van der Waals surface area contributed by atoms with E-state index < -0.39 is 0 Å². The second-order valence-electron chi connectivity index (χ2n) is 9.11. The summed E-state index contributed by atoms with van der Waals surface area (Å²) in [5.74, 6) is 0. The average Bonchev–Trinajstić information content (AvgIpc) is 2.98. The van der Waals surface area contributed by atoms with Gasteiger partial charge in [-0.1, -0.05) is 86.6 Å². The van der Waals surface area contributed by atoms with Gasteiger partial charge in [0.05, 0.1) is 0 Å². The van der Waals surface area contributed by atoms with Crippen molar-refractivity contribution < 1.29 is 0 Å². The summed E-state index contributed by atoms with van der Waals surface area (Å²) in [6, 6.07) is 17.3. The number of hydrogen-bond donors (Lipinski definition) is 0. The van der Waals surface area contributed by atoms with Crippen molar-refractivity contribution >= 4 is 24.8 Å². The van der Waals surface area contributed by atoms with E-state index in [9.17, 15) is 0 Å². The van der Waals surface area contributed by atoms with E-state index in [0.29, 0.717) is 0 Å². The quantitative estimate of drug-likeness (QED) is 0.355. The van der Waals surface area contributed by atoms with Crippen LogP contribution in [0.4, 0.5) is 11.4 Å². The first-order chi connectivity index (χ1) is 15.4. The number of rotatable bonds is 5. The lowest BCUT2D eigenvalue weighted by molar-refractivity contribution is 0.449. The first-order valence-corrected chi connectivity index (χ1v) is 11.2. The van der Waals surface area contributed by atoms with Crippen LogP contribution in [0.15, 0.2) is 114 Å². The lowest BCUT2D eigenvalue weighted by atomic mass is 9.70. The minimum Gasteiger partial charge on any atom is -0.311 e. The van der Waals surface area contributed by atoms with Gasteiger partial charge in [-0.3, -0.25) is 0 Å². The average molecular weight is 415 g/mol. The molecule has 2 aromatic rings. The highest BCUT2D eigenvalue weighted by Gasteiger charge is 2.31. The fourth-order valence-electron chi connectivity index (χ4n) is 4.82. The van der Waals surface area contributed by atoms with Gasteiger partial charge in [0.25, 0.3) is 0 Å². The van der Waals surface area contributed by atoms with Crippen LogP contribution in [-0.4, -0.2) is 7.85 Å². The second kappa shape index (κ2) is 9.08. The predicted octanol–water partition coefficient (Wildman–Crippen LogP) is 7.82. The topological polar surface area (TPSA) is 3.24 Å². The Morgan fingerprint density at radius 3 is 2.56 bits per heavy atom. The molecule has 0 heterocycles. The Labute approximate surface area is 194 Å². The third-order valence-corrected chi connectivity index (χ3v) is 6.34. The minimum atomic E-state index is 0.0528. The van der Waals surface area contributed by atoms with Crippen LogP contribution in [0.1, 0.15) is 38.3 Å². The summed E-state index contributed by atoms with van der Waals surface area (Å²) in [7, 11) is 6.53. The fourth-order valence-corrected chi connectivity index (χ4v) is 4.82. The number of hydrogen-bond acceptors (Lipinski definition) is 1. The maximum absolute atomic E-state index is 6.53. The molecule has 0 bridgehead atoms. The van der Waals surface area contributed by atoms with Crippen LogP contribution in [0.3, 0.4) is 0 Å². The second-order valence-corrected chi connectivity index (χ2v) is 9.11. The van der Waals surface area contributed by atoms with E-state index in [4.69, 9.17) is 7.85 Å². The summed E-state index contributed by atoms with van der Waals surface area (Å²) in [4.78, 5) is 2.28. The molecule has 0 saturated heterocycles. The molecule has 0 spiro atoms. The molecule has 0 unspecified atom stereocenters. The van der Waals surface area contributed by atoms with Crippen LogP contribution in [0.25, 0.3) is 5.57 Å². The summed E-state index contributed by atoms with van der Waals surface area (Å²) in [6.45, 7) is 10.7. The maximum Gasteiger partial charge on any atom is 0.111 e. The molecule has 0 N–H and O–H groups in total. The van der Waals surface area contributed by atoms with E-state index in [0.717, 1.165) is 35.4 Å². The van der Waals surface area contributed by atoms with Gasteiger partial charge < -0.3 is 4.90 Å². The molecule has 1 nitrogen and oxygen atoms in total. The van der Waals surface area contributed by atoms with Crippen LogP contribution in [0.5, 0.6) is 0 Å². The molecule has 2 radical (unpaired) electrons. The summed E-state index contributed by atoms with van der Waals surface area (Å²) >= 11 is 0. The smallest absolute Gasteiger partial charge is 0.111 e. The number of nitrogens with zero attached hydrogens (tertiary/aromatic N) is 1. The lowest BCUT2D eigenvalue weighted by Crippen LogP contribution is -2.24. The van der Waals surface area contributed by atoms with Gasteiger partial charge in [0.15, 0.2) is 0 Å². The van der Waals surface area contributed by atoms with Crippen molar-refractivity contribution in [3.8, 4) is 0 Å². The number of para-hydroxylation sites is 1. The number of anilines is 2. The van der Waals surface area contributed by atoms with Crippen molar-refractivity contribution in [2.45, 2.75) is 33.6 Å². The molecule has 0 fully saturated rings. The summed E-state index contributed by atoms with van der Waals surface area (Å²) in [5.41, 5.74) is 9.59. The zero-order valence-electron chi connectivity index (χ0n) is 19.3. The summed E-state index contributed by atoms with van der Waals surface area (Å²) in [5, 5.41) is 0. The van der Waals surface area contributed by atoms with E-state index in [-0.39, 0.29) is 5.41 Å². The Morgan fingerprint density at radius 1 is 1.03 bits per heavy atom. The standard InChI is InChI=1S/C30H30BN/c1-5-6-15-27-22(2)26-19-18-25(20-23(26)21-30(27,3)4)32(24-13-9-7-10-14-24)29-17-12-8-11-16-28(29)31/h5-15,17-20H,1,16,21H2,2-4H3/b15-6-. The van der Waals surface area contributed by atoms with Gasteiger partial charge in [0, 0.05) is 17.1 Å². The van der Waals surface area contributed by atoms with Crippen molar-refractivity contribution in [2.24, 2.45) is 5.41 Å². The van der Waals surface area contributed by atoms with Crippen LogP contribution in [0.2, 0.25) is 0 Å². The van der Waals surface area contributed by atoms with Gasteiger partial charge in [0.1, 0.15) is 7.85 Å². The largest absolute Gasteiger partial charge is 0.311 e. The van der Waals surface area contributed by atoms with Gasteiger partial charge in [-0.15, -0.1) is 0 Å². The Morgan fingerprint density at radius 2 is 1.81 bits per heavy atom. The van der Waals surface area contributed by atoms with Crippen LogP contribution in [-0.2, 0) is 6.42 Å². The molecule has 0 atom stereocenters. The third-order valence-electron chi connectivity index (χ3n) is 6.34. The SMILES string of the molecule is [B]C1=C(N(c2ccccc2)c2ccc3c(c2)CC(C)(C)C(/C=C\C=C)=C3C)C=CC=CC1. The molecule has 158 valence electrons.